The third-order valence-corrected chi connectivity index (χ3v) is 5.60. The fourth-order valence-electron chi connectivity index (χ4n) is 2.94. The number of hydrogen-bond acceptors (Lipinski definition) is 4. The van der Waals surface area contributed by atoms with E-state index >= 15 is 0 Å². The van der Waals surface area contributed by atoms with Crippen LogP contribution in [0.3, 0.4) is 0 Å². The van der Waals surface area contributed by atoms with Gasteiger partial charge in [-0.15, -0.1) is 0 Å². The molecule has 1 heterocycles. The summed E-state index contributed by atoms with van der Waals surface area (Å²) in [5.74, 6) is -1.12. The number of nitrogens with zero attached hydrogens (tertiary/aromatic N) is 1. The Morgan fingerprint density at radius 3 is 2.71 bits per heavy atom. The van der Waals surface area contributed by atoms with Gasteiger partial charge >= 0.3 is 5.97 Å². The predicted octanol–water partition coefficient (Wildman–Crippen LogP) is 2.14. The lowest BCUT2D eigenvalue weighted by Crippen LogP contribution is -2.26. The predicted molar refractivity (Wildman–Crippen MR) is 88.3 cm³/mol. The molecule has 0 saturated carbocycles. The molecule has 1 aliphatic carbocycles. The molecule has 1 aromatic heterocycles. The van der Waals surface area contributed by atoms with Crippen molar-refractivity contribution in [2.45, 2.75) is 37.1 Å². The van der Waals surface area contributed by atoms with E-state index in [-0.39, 0.29) is 17.0 Å². The van der Waals surface area contributed by atoms with Gasteiger partial charge in [0.1, 0.15) is 0 Å². The van der Waals surface area contributed by atoms with Crippen LogP contribution in [0.5, 0.6) is 0 Å². The fourth-order valence-corrected chi connectivity index (χ4v) is 4.27. The lowest BCUT2D eigenvalue weighted by atomic mass is 9.90. The van der Waals surface area contributed by atoms with Crippen LogP contribution < -0.4 is 4.72 Å². The van der Waals surface area contributed by atoms with Crippen molar-refractivity contribution in [1.82, 2.24) is 9.71 Å². The standard InChI is InChI=1S/C17H18N2O4S/c20-17(21)13-9-12-5-1-2-7-15(12)16(10-13)24(22,23)19-11-14-6-3-4-8-18-14/h3-4,6,8-10,19H,1-2,5,7,11H2,(H,20,21). The maximum Gasteiger partial charge on any atom is 0.335 e. The molecule has 0 fully saturated rings. The maximum atomic E-state index is 12.7. The van der Waals surface area contributed by atoms with E-state index in [0.29, 0.717) is 18.5 Å². The molecule has 0 unspecified atom stereocenters. The number of benzene rings is 1. The number of fused-ring (bicyclic) bond motifs is 1. The molecule has 2 N–H and O–H groups in total. The second-order valence-electron chi connectivity index (χ2n) is 5.77. The van der Waals surface area contributed by atoms with Gasteiger partial charge in [-0.25, -0.2) is 17.9 Å². The van der Waals surface area contributed by atoms with Crippen molar-refractivity contribution in [1.29, 1.82) is 0 Å². The molecule has 0 spiro atoms. The van der Waals surface area contributed by atoms with Gasteiger partial charge in [-0.1, -0.05) is 6.07 Å². The van der Waals surface area contributed by atoms with Gasteiger partial charge in [0.2, 0.25) is 10.0 Å². The SMILES string of the molecule is O=C(O)c1cc2c(c(S(=O)(=O)NCc3ccccn3)c1)CCCC2. The van der Waals surface area contributed by atoms with Crippen LogP contribution >= 0.6 is 0 Å². The molecule has 0 bridgehead atoms. The summed E-state index contributed by atoms with van der Waals surface area (Å²) in [4.78, 5) is 15.5. The highest BCUT2D eigenvalue weighted by atomic mass is 32.2. The molecular weight excluding hydrogens is 328 g/mol. The Bertz CT molecular complexity index is 864. The molecule has 3 rings (SSSR count). The van der Waals surface area contributed by atoms with Crippen LogP contribution in [0.1, 0.15) is 40.0 Å². The molecule has 126 valence electrons. The second-order valence-corrected chi connectivity index (χ2v) is 7.51. The van der Waals surface area contributed by atoms with E-state index in [1.54, 1.807) is 30.5 Å². The van der Waals surface area contributed by atoms with E-state index < -0.39 is 16.0 Å². The normalized spacial score (nSPS) is 14.2. The van der Waals surface area contributed by atoms with Gasteiger partial charge in [-0.2, -0.15) is 0 Å². The van der Waals surface area contributed by atoms with Crippen LogP contribution in [-0.2, 0) is 29.4 Å². The molecule has 7 heteroatoms. The number of nitrogens with one attached hydrogen (secondary N) is 1. The number of pyridine rings is 1. The number of carboxylic acids is 1. The quantitative estimate of drug-likeness (QED) is 0.864. The Hall–Kier alpha value is -2.25. The lowest BCUT2D eigenvalue weighted by molar-refractivity contribution is 0.0696. The second kappa shape index (κ2) is 6.70. The summed E-state index contributed by atoms with van der Waals surface area (Å²) >= 11 is 0. The summed E-state index contributed by atoms with van der Waals surface area (Å²) in [6.45, 7) is 0.0647. The minimum absolute atomic E-state index is 0.00820. The summed E-state index contributed by atoms with van der Waals surface area (Å²) in [5.41, 5.74) is 2.16. The van der Waals surface area contributed by atoms with Crippen molar-refractivity contribution in [2.75, 3.05) is 0 Å². The smallest absolute Gasteiger partial charge is 0.335 e. The van der Waals surface area contributed by atoms with Crippen LogP contribution in [-0.4, -0.2) is 24.5 Å². The summed E-state index contributed by atoms with van der Waals surface area (Å²) in [5, 5.41) is 9.26. The average molecular weight is 346 g/mol. The zero-order valence-corrected chi connectivity index (χ0v) is 13.8. The molecule has 6 nitrogen and oxygen atoms in total. The first kappa shape index (κ1) is 16.6. The number of hydrogen-bond donors (Lipinski definition) is 2. The molecule has 24 heavy (non-hydrogen) atoms. The van der Waals surface area contributed by atoms with Gasteiger partial charge in [-0.3, -0.25) is 4.98 Å². The highest BCUT2D eigenvalue weighted by molar-refractivity contribution is 7.89. The maximum absolute atomic E-state index is 12.7. The minimum atomic E-state index is -3.81. The van der Waals surface area contributed by atoms with Crippen molar-refractivity contribution in [3.05, 3.63) is 58.9 Å². The number of aryl methyl sites for hydroxylation is 1. The Balaban J connectivity index is 1.97. The van der Waals surface area contributed by atoms with Gasteiger partial charge in [0.15, 0.2) is 0 Å². The number of sulfonamides is 1. The van der Waals surface area contributed by atoms with Gasteiger partial charge in [-0.05, 0) is 61.1 Å². The van der Waals surface area contributed by atoms with Crippen molar-refractivity contribution in [2.24, 2.45) is 0 Å². The minimum Gasteiger partial charge on any atom is -0.478 e. The van der Waals surface area contributed by atoms with Crippen molar-refractivity contribution in [3.63, 3.8) is 0 Å². The number of rotatable bonds is 5. The first-order valence-electron chi connectivity index (χ1n) is 7.76. The van der Waals surface area contributed by atoms with E-state index in [0.717, 1.165) is 24.0 Å². The fraction of sp³-hybridized carbons (Fsp3) is 0.294. The third kappa shape index (κ3) is 3.47. The monoisotopic (exact) mass is 346 g/mol. The van der Waals surface area contributed by atoms with Crippen LogP contribution in [0.25, 0.3) is 0 Å². The van der Waals surface area contributed by atoms with Gasteiger partial charge in [0.25, 0.3) is 0 Å². The Kier molecular flexibility index (Phi) is 4.64. The summed E-state index contributed by atoms with van der Waals surface area (Å²) < 4.78 is 28.0. The zero-order valence-electron chi connectivity index (χ0n) is 13.0. The molecule has 1 aromatic carbocycles. The molecule has 2 aromatic rings. The van der Waals surface area contributed by atoms with Crippen molar-refractivity contribution >= 4 is 16.0 Å². The molecule has 0 aliphatic heterocycles. The molecule has 0 atom stereocenters. The summed E-state index contributed by atoms with van der Waals surface area (Å²) in [7, 11) is -3.81. The summed E-state index contributed by atoms with van der Waals surface area (Å²) in [6.07, 6.45) is 4.80. The number of aromatic nitrogens is 1. The van der Waals surface area contributed by atoms with Crippen LogP contribution in [0.2, 0.25) is 0 Å². The van der Waals surface area contributed by atoms with Crippen LogP contribution in [0.15, 0.2) is 41.4 Å². The van der Waals surface area contributed by atoms with Crippen molar-refractivity contribution in [3.8, 4) is 0 Å². The van der Waals surface area contributed by atoms with Crippen molar-refractivity contribution < 1.29 is 18.3 Å². The molecule has 0 amide bonds. The molecule has 0 radical (unpaired) electrons. The summed E-state index contributed by atoms with van der Waals surface area (Å²) in [6, 6.07) is 8.11. The Morgan fingerprint density at radius 2 is 2.00 bits per heavy atom. The third-order valence-electron chi connectivity index (χ3n) is 4.13. The lowest BCUT2D eigenvalue weighted by Gasteiger charge is -2.20. The van der Waals surface area contributed by atoms with E-state index in [9.17, 15) is 18.3 Å². The first-order chi connectivity index (χ1) is 11.5. The van der Waals surface area contributed by atoms with E-state index in [4.69, 9.17) is 0 Å². The van der Waals surface area contributed by atoms with E-state index in [2.05, 4.69) is 9.71 Å². The van der Waals surface area contributed by atoms with Crippen LogP contribution in [0, 0.1) is 0 Å². The highest BCUT2D eigenvalue weighted by Crippen LogP contribution is 2.29. The van der Waals surface area contributed by atoms with Crippen LogP contribution in [0.4, 0.5) is 0 Å². The first-order valence-corrected chi connectivity index (χ1v) is 9.24. The van der Waals surface area contributed by atoms with Gasteiger partial charge in [0.05, 0.1) is 22.7 Å². The zero-order chi connectivity index (χ0) is 17.2. The molecule has 0 saturated heterocycles. The van der Waals surface area contributed by atoms with Gasteiger partial charge < -0.3 is 5.11 Å². The largest absolute Gasteiger partial charge is 0.478 e. The highest BCUT2D eigenvalue weighted by Gasteiger charge is 2.25. The number of carbonyl (C=O) groups is 1. The Labute approximate surface area is 140 Å². The number of aromatic carboxylic acids is 1. The average Bonchev–Trinajstić information content (AvgIpc) is 2.60. The molecule has 1 aliphatic rings. The Morgan fingerprint density at radius 1 is 1.21 bits per heavy atom. The number of carboxylic acid groups (broad SMARTS) is 1. The molecular formula is C17H18N2O4S. The topological polar surface area (TPSA) is 96.4 Å². The van der Waals surface area contributed by atoms with E-state index in [1.165, 1.54) is 6.07 Å². The van der Waals surface area contributed by atoms with E-state index in [1.807, 2.05) is 0 Å². The van der Waals surface area contributed by atoms with Gasteiger partial charge in [0, 0.05) is 6.20 Å².